The molecule has 1 aliphatic heterocycles. The van der Waals surface area contributed by atoms with Crippen LogP contribution in [0.5, 0.6) is 5.75 Å². The zero-order chi connectivity index (χ0) is 16.4. The summed E-state index contributed by atoms with van der Waals surface area (Å²) in [6.07, 6.45) is 4.15. The number of carbonyl (C=O) groups is 1. The first-order valence-electron chi connectivity index (χ1n) is 7.91. The van der Waals surface area contributed by atoms with E-state index in [2.05, 4.69) is 10.4 Å². The number of hydrogen-bond acceptors (Lipinski definition) is 3. The summed E-state index contributed by atoms with van der Waals surface area (Å²) in [6, 6.07) is 17.6. The maximum Gasteiger partial charge on any atom is 0.231 e. The normalized spacial score (nSPS) is 16.1. The fourth-order valence-electron chi connectivity index (χ4n) is 2.85. The standard InChI is InChI=1S/C19H17N3O2/c23-19(15-10-14-6-4-5-9-18(14)24-13-15)21-16-11-20-22(12-16)17-7-2-1-3-8-17/h1-9,11-12,15H,10,13H2,(H,21,23)/t15-/m0/s1. The summed E-state index contributed by atoms with van der Waals surface area (Å²) in [7, 11) is 0. The van der Waals surface area contributed by atoms with Gasteiger partial charge in [0.25, 0.3) is 0 Å². The Balaban J connectivity index is 1.45. The number of nitrogens with one attached hydrogen (secondary N) is 1. The number of amides is 1. The molecule has 3 aromatic rings. The molecule has 1 aromatic heterocycles. The van der Waals surface area contributed by atoms with Gasteiger partial charge in [0, 0.05) is 0 Å². The van der Waals surface area contributed by atoms with Gasteiger partial charge in [-0.05, 0) is 30.2 Å². The van der Waals surface area contributed by atoms with Gasteiger partial charge < -0.3 is 10.1 Å². The van der Waals surface area contributed by atoms with Crippen LogP contribution in [-0.2, 0) is 11.2 Å². The van der Waals surface area contributed by atoms with E-state index in [1.165, 1.54) is 0 Å². The van der Waals surface area contributed by atoms with Crippen molar-refractivity contribution in [2.75, 3.05) is 11.9 Å². The maximum atomic E-state index is 12.5. The van der Waals surface area contributed by atoms with Gasteiger partial charge in [-0.15, -0.1) is 0 Å². The Hall–Kier alpha value is -3.08. The summed E-state index contributed by atoms with van der Waals surface area (Å²) in [5, 5.41) is 7.22. The number of benzene rings is 2. The molecule has 0 saturated carbocycles. The Morgan fingerprint density at radius 3 is 2.79 bits per heavy atom. The minimum Gasteiger partial charge on any atom is -0.492 e. The van der Waals surface area contributed by atoms with Gasteiger partial charge in [0.2, 0.25) is 5.91 Å². The van der Waals surface area contributed by atoms with Crippen LogP contribution in [0.1, 0.15) is 5.56 Å². The Bertz CT molecular complexity index is 858. The molecule has 120 valence electrons. The number of rotatable bonds is 3. The molecule has 5 heteroatoms. The van der Waals surface area contributed by atoms with E-state index in [1.54, 1.807) is 10.9 Å². The average molecular weight is 319 g/mol. The summed E-state index contributed by atoms with van der Waals surface area (Å²) in [5.74, 6) is 0.635. The van der Waals surface area contributed by atoms with Crippen molar-refractivity contribution in [1.29, 1.82) is 0 Å². The van der Waals surface area contributed by atoms with Gasteiger partial charge in [0.15, 0.2) is 0 Å². The second-order valence-electron chi connectivity index (χ2n) is 5.82. The quantitative estimate of drug-likeness (QED) is 0.807. The Morgan fingerprint density at radius 1 is 1.12 bits per heavy atom. The second-order valence-corrected chi connectivity index (χ2v) is 5.82. The third-order valence-corrected chi connectivity index (χ3v) is 4.12. The molecule has 0 aliphatic carbocycles. The SMILES string of the molecule is O=C(Nc1cnn(-c2ccccc2)c1)[C@@H]1COc2ccccc2C1. The summed E-state index contributed by atoms with van der Waals surface area (Å²) in [6.45, 7) is 0.398. The number of para-hydroxylation sites is 2. The lowest BCUT2D eigenvalue weighted by molar-refractivity contribution is -0.121. The predicted molar refractivity (Wildman–Crippen MR) is 91.3 cm³/mol. The molecule has 0 bridgehead atoms. The topological polar surface area (TPSA) is 56.2 Å². The van der Waals surface area contributed by atoms with E-state index in [0.29, 0.717) is 18.7 Å². The van der Waals surface area contributed by atoms with E-state index in [-0.39, 0.29) is 11.8 Å². The number of ether oxygens (including phenoxy) is 1. The molecule has 24 heavy (non-hydrogen) atoms. The molecule has 2 aromatic carbocycles. The van der Waals surface area contributed by atoms with Gasteiger partial charge in [0.1, 0.15) is 12.4 Å². The van der Waals surface area contributed by atoms with Gasteiger partial charge in [-0.25, -0.2) is 4.68 Å². The highest BCUT2D eigenvalue weighted by Crippen LogP contribution is 2.27. The molecule has 1 amide bonds. The molecule has 4 rings (SSSR count). The van der Waals surface area contributed by atoms with Gasteiger partial charge in [0.05, 0.1) is 29.7 Å². The van der Waals surface area contributed by atoms with Crippen molar-refractivity contribution in [1.82, 2.24) is 9.78 Å². The van der Waals surface area contributed by atoms with Crippen LogP contribution in [0.25, 0.3) is 5.69 Å². The fourth-order valence-corrected chi connectivity index (χ4v) is 2.85. The molecular weight excluding hydrogens is 302 g/mol. The smallest absolute Gasteiger partial charge is 0.231 e. The minimum absolute atomic E-state index is 0.0443. The van der Waals surface area contributed by atoms with Crippen molar-refractivity contribution in [3.63, 3.8) is 0 Å². The Morgan fingerprint density at radius 2 is 1.92 bits per heavy atom. The van der Waals surface area contributed by atoms with Crippen molar-refractivity contribution < 1.29 is 9.53 Å². The first kappa shape index (κ1) is 14.5. The summed E-state index contributed by atoms with van der Waals surface area (Å²) in [4.78, 5) is 12.5. The van der Waals surface area contributed by atoms with Crippen molar-refractivity contribution in [3.05, 3.63) is 72.6 Å². The number of anilines is 1. The largest absolute Gasteiger partial charge is 0.492 e. The fraction of sp³-hybridized carbons (Fsp3) is 0.158. The first-order chi connectivity index (χ1) is 11.8. The summed E-state index contributed by atoms with van der Waals surface area (Å²) in [5.41, 5.74) is 2.71. The molecule has 2 heterocycles. The third-order valence-electron chi connectivity index (χ3n) is 4.12. The minimum atomic E-state index is -0.194. The van der Waals surface area contributed by atoms with Crippen molar-refractivity contribution >= 4 is 11.6 Å². The highest BCUT2D eigenvalue weighted by molar-refractivity contribution is 5.92. The Kier molecular flexibility index (Phi) is 3.75. The molecule has 0 unspecified atom stereocenters. The molecule has 0 saturated heterocycles. The van der Waals surface area contributed by atoms with Crippen LogP contribution in [0.2, 0.25) is 0 Å². The monoisotopic (exact) mass is 319 g/mol. The van der Waals surface area contributed by atoms with Crippen molar-refractivity contribution in [2.45, 2.75) is 6.42 Å². The van der Waals surface area contributed by atoms with E-state index in [1.807, 2.05) is 60.8 Å². The van der Waals surface area contributed by atoms with Gasteiger partial charge in [-0.3, -0.25) is 4.79 Å². The number of fused-ring (bicyclic) bond motifs is 1. The zero-order valence-electron chi connectivity index (χ0n) is 13.1. The highest BCUT2D eigenvalue weighted by atomic mass is 16.5. The van der Waals surface area contributed by atoms with Crippen LogP contribution in [0, 0.1) is 5.92 Å². The van der Waals surface area contributed by atoms with E-state index in [4.69, 9.17) is 4.74 Å². The van der Waals surface area contributed by atoms with Gasteiger partial charge in [-0.1, -0.05) is 36.4 Å². The molecule has 0 radical (unpaired) electrons. The van der Waals surface area contributed by atoms with Gasteiger partial charge in [-0.2, -0.15) is 5.10 Å². The lowest BCUT2D eigenvalue weighted by Crippen LogP contribution is -2.32. The van der Waals surface area contributed by atoms with Crippen LogP contribution < -0.4 is 10.1 Å². The second kappa shape index (κ2) is 6.20. The number of hydrogen-bond donors (Lipinski definition) is 1. The molecule has 5 nitrogen and oxygen atoms in total. The molecule has 1 atom stereocenters. The maximum absolute atomic E-state index is 12.5. The highest BCUT2D eigenvalue weighted by Gasteiger charge is 2.26. The molecule has 1 aliphatic rings. The summed E-state index contributed by atoms with van der Waals surface area (Å²) < 4.78 is 7.43. The predicted octanol–water partition coefficient (Wildman–Crippen LogP) is 3.06. The van der Waals surface area contributed by atoms with E-state index < -0.39 is 0 Å². The molecule has 0 spiro atoms. The number of carbonyl (C=O) groups excluding carboxylic acids is 1. The van der Waals surface area contributed by atoms with Crippen LogP contribution in [0.3, 0.4) is 0 Å². The van der Waals surface area contributed by atoms with Crippen molar-refractivity contribution in [3.8, 4) is 11.4 Å². The molecule has 1 N–H and O–H groups in total. The third kappa shape index (κ3) is 2.88. The van der Waals surface area contributed by atoms with Crippen LogP contribution in [-0.4, -0.2) is 22.3 Å². The number of nitrogens with zero attached hydrogens (tertiary/aromatic N) is 2. The Labute approximate surface area is 139 Å². The lowest BCUT2D eigenvalue weighted by Gasteiger charge is -2.24. The van der Waals surface area contributed by atoms with Crippen LogP contribution >= 0.6 is 0 Å². The molecular formula is C19H17N3O2. The van der Waals surface area contributed by atoms with Crippen molar-refractivity contribution in [2.24, 2.45) is 5.92 Å². The zero-order valence-corrected chi connectivity index (χ0v) is 13.1. The first-order valence-corrected chi connectivity index (χ1v) is 7.91. The van der Waals surface area contributed by atoms with Gasteiger partial charge >= 0.3 is 0 Å². The van der Waals surface area contributed by atoms with Crippen LogP contribution in [0.4, 0.5) is 5.69 Å². The van der Waals surface area contributed by atoms with E-state index in [0.717, 1.165) is 17.0 Å². The summed E-state index contributed by atoms with van der Waals surface area (Å²) >= 11 is 0. The number of aromatic nitrogens is 2. The average Bonchev–Trinajstić information content (AvgIpc) is 3.10. The van der Waals surface area contributed by atoms with Crippen LogP contribution in [0.15, 0.2) is 67.0 Å². The molecule has 0 fully saturated rings. The van der Waals surface area contributed by atoms with E-state index >= 15 is 0 Å². The lowest BCUT2D eigenvalue weighted by atomic mass is 9.96. The van der Waals surface area contributed by atoms with E-state index in [9.17, 15) is 4.79 Å².